The van der Waals surface area contributed by atoms with Crippen LogP contribution >= 0.6 is 0 Å². The first kappa shape index (κ1) is 16.6. The fourth-order valence-corrected chi connectivity index (χ4v) is 4.23. The average molecular weight is 327 g/mol. The molecule has 1 aliphatic heterocycles. The minimum Gasteiger partial charge on any atom is -0.481 e. The number of hydrogen-bond donors (Lipinski definition) is 3. The number of carboxylic acid groups (broad SMARTS) is 1. The van der Waals surface area contributed by atoms with Crippen LogP contribution in [-0.4, -0.2) is 34.4 Å². The number of nitrogens with one attached hydrogen (secondary N) is 2. The third-order valence-electron chi connectivity index (χ3n) is 5.67. The zero-order valence-corrected chi connectivity index (χ0v) is 13.1. The Morgan fingerprint density at radius 2 is 1.87 bits per heavy atom. The molecule has 2 saturated carbocycles. The number of carbonyl (C=O) groups is 1. The van der Waals surface area contributed by atoms with E-state index in [9.17, 15) is 20.0 Å². The van der Waals surface area contributed by atoms with Crippen molar-refractivity contribution in [1.82, 2.24) is 10.8 Å². The Bertz CT molecular complexity index is 452. The number of hydrogen-bond acceptors (Lipinski definition) is 6. The summed E-state index contributed by atoms with van der Waals surface area (Å²) in [4.78, 5) is 27.5. The van der Waals surface area contributed by atoms with Crippen molar-refractivity contribution in [2.75, 3.05) is 0 Å². The zero-order chi connectivity index (χ0) is 16.4. The average Bonchev–Trinajstić information content (AvgIpc) is 3.05. The van der Waals surface area contributed by atoms with Crippen LogP contribution in [0.1, 0.15) is 51.4 Å². The standard InChI is InChI=1S/C15H25N3O5/c19-15(20)11-3-1-2-10(8-11)13-16-14(23-17-13)9-4-6-12(7-5-9)18(21)22/h9-14,16-17H,1-8H2,(H,19,20). The second-order valence-electron chi connectivity index (χ2n) is 7.12. The molecule has 3 N–H and O–H groups in total. The largest absolute Gasteiger partial charge is 0.481 e. The van der Waals surface area contributed by atoms with Gasteiger partial charge in [-0.2, -0.15) is 5.48 Å². The molecule has 0 aromatic heterocycles. The van der Waals surface area contributed by atoms with Gasteiger partial charge in [0.05, 0.1) is 12.1 Å². The summed E-state index contributed by atoms with van der Waals surface area (Å²) in [6.07, 6.45) is 6.01. The molecule has 4 unspecified atom stereocenters. The maximum Gasteiger partial charge on any atom is 0.306 e. The lowest BCUT2D eigenvalue weighted by atomic mass is 9.79. The third-order valence-corrected chi connectivity index (χ3v) is 5.67. The summed E-state index contributed by atoms with van der Waals surface area (Å²) in [7, 11) is 0. The number of aliphatic carboxylic acids is 1. The SMILES string of the molecule is O=C(O)C1CCCC(C2NOC(C3CCC([N+](=O)[O-])CC3)N2)C1. The van der Waals surface area contributed by atoms with Crippen LogP contribution in [0.4, 0.5) is 0 Å². The second kappa shape index (κ2) is 7.11. The lowest BCUT2D eigenvalue weighted by molar-refractivity contribution is -0.527. The number of carboxylic acids is 1. The fourth-order valence-electron chi connectivity index (χ4n) is 4.23. The van der Waals surface area contributed by atoms with Crippen molar-refractivity contribution in [3.8, 4) is 0 Å². The molecule has 1 saturated heterocycles. The number of rotatable bonds is 4. The van der Waals surface area contributed by atoms with E-state index in [1.165, 1.54) is 0 Å². The molecule has 2 aliphatic carbocycles. The van der Waals surface area contributed by atoms with E-state index in [-0.39, 0.29) is 35.1 Å². The van der Waals surface area contributed by atoms with Gasteiger partial charge in [0, 0.05) is 23.7 Å². The lowest BCUT2D eigenvalue weighted by Gasteiger charge is -2.31. The molecule has 0 radical (unpaired) electrons. The normalized spacial score (nSPS) is 41.6. The molecule has 0 aromatic rings. The van der Waals surface area contributed by atoms with E-state index < -0.39 is 12.0 Å². The van der Waals surface area contributed by atoms with Gasteiger partial charge in [-0.1, -0.05) is 6.42 Å². The van der Waals surface area contributed by atoms with Crippen molar-refractivity contribution in [1.29, 1.82) is 0 Å². The monoisotopic (exact) mass is 327 g/mol. The maximum atomic E-state index is 11.2. The first-order chi connectivity index (χ1) is 11.0. The van der Waals surface area contributed by atoms with Crippen LogP contribution in [0.25, 0.3) is 0 Å². The van der Waals surface area contributed by atoms with Crippen LogP contribution in [0.3, 0.4) is 0 Å². The van der Waals surface area contributed by atoms with Crippen LogP contribution in [0.15, 0.2) is 0 Å². The molecular weight excluding hydrogens is 302 g/mol. The lowest BCUT2D eigenvalue weighted by Crippen LogP contribution is -2.45. The van der Waals surface area contributed by atoms with Gasteiger partial charge in [-0.15, -0.1) is 0 Å². The van der Waals surface area contributed by atoms with E-state index in [1.54, 1.807) is 0 Å². The van der Waals surface area contributed by atoms with E-state index >= 15 is 0 Å². The summed E-state index contributed by atoms with van der Waals surface area (Å²) in [5.41, 5.74) is 3.03. The Morgan fingerprint density at radius 1 is 1.13 bits per heavy atom. The molecule has 4 atom stereocenters. The first-order valence-electron chi connectivity index (χ1n) is 8.58. The smallest absolute Gasteiger partial charge is 0.306 e. The van der Waals surface area contributed by atoms with Crippen LogP contribution in [0, 0.1) is 27.9 Å². The van der Waals surface area contributed by atoms with Crippen LogP contribution in [0.2, 0.25) is 0 Å². The van der Waals surface area contributed by atoms with E-state index in [2.05, 4.69) is 10.8 Å². The van der Waals surface area contributed by atoms with Gasteiger partial charge in [0.2, 0.25) is 6.04 Å². The maximum absolute atomic E-state index is 11.2. The molecule has 0 amide bonds. The van der Waals surface area contributed by atoms with Gasteiger partial charge < -0.3 is 5.11 Å². The molecule has 0 spiro atoms. The zero-order valence-electron chi connectivity index (χ0n) is 13.1. The van der Waals surface area contributed by atoms with Crippen molar-refractivity contribution in [2.45, 2.75) is 69.8 Å². The Kier molecular flexibility index (Phi) is 5.13. The van der Waals surface area contributed by atoms with Crippen molar-refractivity contribution in [3.63, 3.8) is 0 Å². The van der Waals surface area contributed by atoms with Gasteiger partial charge >= 0.3 is 5.97 Å². The summed E-state index contributed by atoms with van der Waals surface area (Å²) in [5.74, 6) is -0.428. The summed E-state index contributed by atoms with van der Waals surface area (Å²) in [6.45, 7) is 0. The Labute approximate surface area is 135 Å². The van der Waals surface area contributed by atoms with Crippen LogP contribution < -0.4 is 10.8 Å². The molecule has 130 valence electrons. The molecule has 3 fully saturated rings. The van der Waals surface area contributed by atoms with Crippen LogP contribution in [-0.2, 0) is 9.63 Å². The number of nitrogens with zero attached hydrogens (tertiary/aromatic N) is 1. The predicted molar refractivity (Wildman–Crippen MR) is 80.8 cm³/mol. The van der Waals surface area contributed by atoms with E-state index in [1.807, 2.05) is 0 Å². The van der Waals surface area contributed by atoms with Crippen molar-refractivity contribution in [2.24, 2.45) is 17.8 Å². The molecule has 3 rings (SSSR count). The number of nitro groups is 1. The van der Waals surface area contributed by atoms with Crippen molar-refractivity contribution < 1.29 is 19.7 Å². The highest BCUT2D eigenvalue weighted by Gasteiger charge is 2.40. The van der Waals surface area contributed by atoms with Gasteiger partial charge in [0.1, 0.15) is 6.23 Å². The fraction of sp³-hybridized carbons (Fsp3) is 0.933. The topological polar surface area (TPSA) is 114 Å². The van der Waals surface area contributed by atoms with E-state index in [0.29, 0.717) is 19.3 Å². The minimum atomic E-state index is -0.705. The minimum absolute atomic E-state index is 0.0182. The third kappa shape index (κ3) is 3.81. The van der Waals surface area contributed by atoms with Gasteiger partial charge in [0.15, 0.2) is 0 Å². The highest BCUT2D eigenvalue weighted by Crippen LogP contribution is 2.34. The second-order valence-corrected chi connectivity index (χ2v) is 7.12. The molecular formula is C15H25N3O5. The highest BCUT2D eigenvalue weighted by atomic mass is 16.7. The van der Waals surface area contributed by atoms with E-state index in [0.717, 1.165) is 32.1 Å². The summed E-state index contributed by atoms with van der Waals surface area (Å²) >= 11 is 0. The Morgan fingerprint density at radius 3 is 2.52 bits per heavy atom. The van der Waals surface area contributed by atoms with Crippen molar-refractivity contribution >= 4 is 5.97 Å². The van der Waals surface area contributed by atoms with Crippen LogP contribution in [0.5, 0.6) is 0 Å². The van der Waals surface area contributed by atoms with Gasteiger partial charge in [-0.05, 0) is 38.0 Å². The molecule has 0 aromatic carbocycles. The molecule has 8 nitrogen and oxygen atoms in total. The Balaban J connectivity index is 1.49. The van der Waals surface area contributed by atoms with Gasteiger partial charge in [-0.3, -0.25) is 25.1 Å². The van der Waals surface area contributed by atoms with Gasteiger partial charge in [-0.25, -0.2) is 0 Å². The molecule has 1 heterocycles. The summed E-state index contributed by atoms with van der Waals surface area (Å²) < 4.78 is 0. The Hall–Kier alpha value is -1.25. The quantitative estimate of drug-likeness (QED) is 0.529. The van der Waals surface area contributed by atoms with E-state index in [4.69, 9.17) is 4.84 Å². The first-order valence-corrected chi connectivity index (χ1v) is 8.58. The summed E-state index contributed by atoms with van der Waals surface area (Å²) in [5, 5.41) is 23.5. The highest BCUT2D eigenvalue weighted by molar-refractivity contribution is 5.70. The summed E-state index contributed by atoms with van der Waals surface area (Å²) in [6, 6.07) is -0.411. The molecule has 8 heteroatoms. The molecule has 3 aliphatic rings. The van der Waals surface area contributed by atoms with Crippen molar-refractivity contribution in [3.05, 3.63) is 10.1 Å². The van der Waals surface area contributed by atoms with Gasteiger partial charge in [0.25, 0.3) is 0 Å². The number of hydroxylamine groups is 1. The predicted octanol–water partition coefficient (Wildman–Crippen LogP) is 1.49. The molecule has 0 bridgehead atoms. The molecule has 23 heavy (non-hydrogen) atoms.